The number of nitrogens with zero attached hydrogens (tertiary/aromatic N) is 2. The number of aromatic amines is 1. The molecule has 0 unspecified atom stereocenters. The first kappa shape index (κ1) is 17.0. The van der Waals surface area contributed by atoms with Crippen LogP contribution in [-0.4, -0.2) is 53.4 Å². The number of hydrogen-bond acceptors (Lipinski definition) is 2. The minimum absolute atomic E-state index is 0.0407. The topological polar surface area (TPSA) is 39.3 Å². The van der Waals surface area contributed by atoms with Crippen molar-refractivity contribution in [1.29, 1.82) is 0 Å². The van der Waals surface area contributed by atoms with E-state index in [1.54, 1.807) is 18.2 Å². The van der Waals surface area contributed by atoms with Crippen LogP contribution in [0.15, 0.2) is 24.3 Å². The van der Waals surface area contributed by atoms with Crippen LogP contribution in [0.1, 0.15) is 37.7 Å². The molecule has 0 aliphatic carbocycles. The molecule has 24 heavy (non-hydrogen) atoms. The summed E-state index contributed by atoms with van der Waals surface area (Å²) in [6, 6.07) is 6.48. The van der Waals surface area contributed by atoms with Gasteiger partial charge in [0.15, 0.2) is 0 Å². The molecule has 0 radical (unpaired) electrons. The third kappa shape index (κ3) is 3.78. The van der Waals surface area contributed by atoms with E-state index in [1.165, 1.54) is 6.07 Å². The Hall–Kier alpha value is -1.88. The standard InChI is InChI=1S/C19H26FN3O/c1-19(2,3)7-8-22-9-11-23(12-10-22)18(24)17-13-14-15(20)5-4-6-16(14)21-17/h4-6,13,21H,7-12H2,1-3H3. The number of fused-ring (bicyclic) bond motifs is 1. The van der Waals surface area contributed by atoms with Crippen molar-refractivity contribution in [2.45, 2.75) is 27.2 Å². The Morgan fingerprint density at radius 1 is 1.21 bits per heavy atom. The molecule has 1 aliphatic rings. The minimum Gasteiger partial charge on any atom is -0.350 e. The molecule has 130 valence electrons. The zero-order valence-electron chi connectivity index (χ0n) is 14.7. The molecule has 2 aromatic rings. The number of benzene rings is 1. The summed E-state index contributed by atoms with van der Waals surface area (Å²) in [6.07, 6.45) is 1.16. The number of carbonyl (C=O) groups is 1. The van der Waals surface area contributed by atoms with Gasteiger partial charge in [0.05, 0.1) is 0 Å². The van der Waals surface area contributed by atoms with Crippen LogP contribution in [0.3, 0.4) is 0 Å². The Morgan fingerprint density at radius 3 is 2.54 bits per heavy atom. The number of carbonyl (C=O) groups excluding carboxylic acids is 1. The van der Waals surface area contributed by atoms with Crippen molar-refractivity contribution in [1.82, 2.24) is 14.8 Å². The van der Waals surface area contributed by atoms with Gasteiger partial charge in [-0.25, -0.2) is 4.39 Å². The van der Waals surface area contributed by atoms with Crippen LogP contribution in [0, 0.1) is 11.2 Å². The summed E-state index contributed by atoms with van der Waals surface area (Å²) in [5.74, 6) is -0.337. The van der Waals surface area contributed by atoms with Gasteiger partial charge in [-0.05, 0) is 36.6 Å². The van der Waals surface area contributed by atoms with E-state index in [4.69, 9.17) is 0 Å². The quantitative estimate of drug-likeness (QED) is 0.935. The maximum atomic E-state index is 13.8. The molecule has 1 fully saturated rings. The molecule has 1 aromatic heterocycles. The molecule has 3 rings (SSSR count). The average molecular weight is 331 g/mol. The van der Waals surface area contributed by atoms with E-state index in [-0.39, 0.29) is 11.7 Å². The van der Waals surface area contributed by atoms with Crippen LogP contribution >= 0.6 is 0 Å². The highest BCUT2D eigenvalue weighted by Gasteiger charge is 2.24. The second-order valence-electron chi connectivity index (χ2n) is 7.83. The van der Waals surface area contributed by atoms with Crippen molar-refractivity contribution in [2.75, 3.05) is 32.7 Å². The number of nitrogens with one attached hydrogen (secondary N) is 1. The molecule has 1 aromatic carbocycles. The Balaban J connectivity index is 1.61. The van der Waals surface area contributed by atoms with Gasteiger partial charge in [-0.1, -0.05) is 26.8 Å². The highest BCUT2D eigenvalue weighted by molar-refractivity contribution is 5.98. The van der Waals surface area contributed by atoms with E-state index in [1.807, 2.05) is 4.90 Å². The predicted octanol–water partition coefficient (Wildman–Crippen LogP) is 3.50. The van der Waals surface area contributed by atoms with Gasteiger partial charge in [0.25, 0.3) is 5.91 Å². The van der Waals surface area contributed by atoms with Gasteiger partial charge in [0.2, 0.25) is 0 Å². The minimum atomic E-state index is -0.296. The van der Waals surface area contributed by atoms with E-state index in [2.05, 4.69) is 30.7 Å². The van der Waals surface area contributed by atoms with Crippen molar-refractivity contribution in [3.63, 3.8) is 0 Å². The molecule has 1 aliphatic heterocycles. The molecular weight excluding hydrogens is 305 g/mol. The molecular formula is C19H26FN3O. The maximum Gasteiger partial charge on any atom is 0.270 e. The first-order valence-corrected chi connectivity index (χ1v) is 8.62. The Kier molecular flexibility index (Phi) is 4.63. The van der Waals surface area contributed by atoms with Gasteiger partial charge in [-0.3, -0.25) is 9.69 Å². The van der Waals surface area contributed by atoms with E-state index < -0.39 is 0 Å². The number of halogens is 1. The Labute approximate surface area is 142 Å². The van der Waals surface area contributed by atoms with Crippen molar-refractivity contribution in [3.05, 3.63) is 35.8 Å². The van der Waals surface area contributed by atoms with E-state index >= 15 is 0 Å². The second kappa shape index (κ2) is 6.55. The normalized spacial score (nSPS) is 16.8. The lowest BCUT2D eigenvalue weighted by atomic mass is 9.92. The smallest absolute Gasteiger partial charge is 0.270 e. The maximum absolute atomic E-state index is 13.8. The number of amides is 1. The molecule has 0 saturated carbocycles. The van der Waals surface area contributed by atoms with Gasteiger partial charge in [0.1, 0.15) is 11.5 Å². The molecule has 1 saturated heterocycles. The van der Waals surface area contributed by atoms with Crippen LogP contribution < -0.4 is 0 Å². The number of piperazine rings is 1. The monoisotopic (exact) mass is 331 g/mol. The van der Waals surface area contributed by atoms with Crippen molar-refractivity contribution >= 4 is 16.8 Å². The highest BCUT2D eigenvalue weighted by Crippen LogP contribution is 2.21. The second-order valence-corrected chi connectivity index (χ2v) is 7.83. The molecule has 5 heteroatoms. The number of hydrogen-bond donors (Lipinski definition) is 1. The van der Waals surface area contributed by atoms with Crippen molar-refractivity contribution < 1.29 is 9.18 Å². The lowest BCUT2D eigenvalue weighted by molar-refractivity contribution is 0.0618. The lowest BCUT2D eigenvalue weighted by Crippen LogP contribution is -2.49. The van der Waals surface area contributed by atoms with Crippen molar-refractivity contribution in [3.8, 4) is 0 Å². The van der Waals surface area contributed by atoms with E-state index in [0.29, 0.717) is 22.0 Å². The molecule has 2 heterocycles. The van der Waals surface area contributed by atoms with Crippen LogP contribution in [-0.2, 0) is 0 Å². The average Bonchev–Trinajstić information content (AvgIpc) is 2.98. The fourth-order valence-corrected chi connectivity index (χ4v) is 3.07. The van der Waals surface area contributed by atoms with E-state index in [9.17, 15) is 9.18 Å². The molecule has 0 atom stereocenters. The van der Waals surface area contributed by atoms with Gasteiger partial charge >= 0.3 is 0 Å². The Bertz CT molecular complexity index is 724. The van der Waals surface area contributed by atoms with Crippen molar-refractivity contribution in [2.24, 2.45) is 5.41 Å². The number of H-pyrrole nitrogens is 1. The first-order chi connectivity index (χ1) is 11.3. The molecule has 1 amide bonds. The fourth-order valence-electron chi connectivity index (χ4n) is 3.07. The number of aromatic nitrogens is 1. The summed E-state index contributed by atoms with van der Waals surface area (Å²) >= 11 is 0. The third-order valence-electron chi connectivity index (χ3n) is 4.68. The predicted molar refractivity (Wildman–Crippen MR) is 94.7 cm³/mol. The molecule has 4 nitrogen and oxygen atoms in total. The largest absolute Gasteiger partial charge is 0.350 e. The summed E-state index contributed by atoms with van der Waals surface area (Å²) in [4.78, 5) is 20.0. The first-order valence-electron chi connectivity index (χ1n) is 8.62. The summed E-state index contributed by atoms with van der Waals surface area (Å²) in [6.45, 7) is 11.1. The van der Waals surface area contributed by atoms with Crippen LogP contribution in [0.4, 0.5) is 4.39 Å². The lowest BCUT2D eigenvalue weighted by Gasteiger charge is -2.35. The Morgan fingerprint density at radius 2 is 1.92 bits per heavy atom. The van der Waals surface area contributed by atoms with Gasteiger partial charge in [0, 0.05) is 37.1 Å². The van der Waals surface area contributed by atoms with Crippen LogP contribution in [0.5, 0.6) is 0 Å². The third-order valence-corrected chi connectivity index (χ3v) is 4.68. The summed E-state index contributed by atoms with van der Waals surface area (Å²) in [5.41, 5.74) is 1.47. The molecule has 0 bridgehead atoms. The number of rotatable bonds is 3. The van der Waals surface area contributed by atoms with Gasteiger partial charge in [-0.2, -0.15) is 0 Å². The van der Waals surface area contributed by atoms with E-state index in [0.717, 1.165) is 39.1 Å². The highest BCUT2D eigenvalue weighted by atomic mass is 19.1. The van der Waals surface area contributed by atoms with Gasteiger partial charge in [-0.15, -0.1) is 0 Å². The molecule has 0 spiro atoms. The zero-order valence-corrected chi connectivity index (χ0v) is 14.7. The summed E-state index contributed by atoms with van der Waals surface area (Å²) in [5, 5.41) is 0.477. The SMILES string of the molecule is CC(C)(C)CCN1CCN(C(=O)c2cc3c(F)cccc3[nH]2)CC1. The molecule has 1 N–H and O–H groups in total. The van der Waals surface area contributed by atoms with Crippen LogP contribution in [0.2, 0.25) is 0 Å². The zero-order chi connectivity index (χ0) is 17.3. The summed E-state index contributed by atoms with van der Waals surface area (Å²) < 4.78 is 13.8. The van der Waals surface area contributed by atoms with Gasteiger partial charge < -0.3 is 9.88 Å². The van der Waals surface area contributed by atoms with Crippen LogP contribution in [0.25, 0.3) is 10.9 Å². The summed E-state index contributed by atoms with van der Waals surface area (Å²) in [7, 11) is 0. The fraction of sp³-hybridized carbons (Fsp3) is 0.526.